The van der Waals surface area contributed by atoms with Gasteiger partial charge in [0.05, 0.1) is 10.3 Å². The number of para-hydroxylation sites is 2. The van der Waals surface area contributed by atoms with Crippen molar-refractivity contribution in [3.63, 3.8) is 0 Å². The molecular weight excluding hydrogens is 364 g/mol. The quantitative estimate of drug-likeness (QED) is 0.606. The number of hydrogen-bond acceptors (Lipinski definition) is 5. The van der Waals surface area contributed by atoms with Gasteiger partial charge in [0.2, 0.25) is 0 Å². The Morgan fingerprint density at radius 1 is 1.07 bits per heavy atom. The zero-order valence-electron chi connectivity index (χ0n) is 15.1. The number of carbonyl (C=O) groups excluding carboxylic acids is 1. The maximum absolute atomic E-state index is 12.5. The number of carboxylic acids is 1. The third-order valence-electron chi connectivity index (χ3n) is 5.12. The van der Waals surface area contributed by atoms with Crippen LogP contribution >= 0.6 is 0 Å². The van der Waals surface area contributed by atoms with E-state index in [1.807, 2.05) is 6.07 Å². The first-order valence-electron chi connectivity index (χ1n) is 8.87. The smallest absolute Gasteiger partial charge is 0.314 e. The van der Waals surface area contributed by atoms with Crippen LogP contribution in [-0.2, 0) is 15.0 Å². The van der Waals surface area contributed by atoms with E-state index in [0.717, 1.165) is 5.56 Å². The predicted molar refractivity (Wildman–Crippen MR) is 100 cm³/mol. The molecule has 8 heteroatoms. The number of nitro benzene ring substituents is 1. The molecule has 1 fully saturated rings. The number of benzene rings is 2. The molecule has 0 bridgehead atoms. The molecule has 1 aliphatic heterocycles. The van der Waals surface area contributed by atoms with Crippen molar-refractivity contribution >= 4 is 17.6 Å². The van der Waals surface area contributed by atoms with E-state index in [1.54, 1.807) is 35.2 Å². The monoisotopic (exact) mass is 384 g/mol. The maximum Gasteiger partial charge on any atom is 0.314 e. The first kappa shape index (κ1) is 19.3. The van der Waals surface area contributed by atoms with Crippen LogP contribution in [0.5, 0.6) is 5.75 Å². The molecule has 0 unspecified atom stereocenters. The molecule has 3 rings (SSSR count). The van der Waals surface area contributed by atoms with Gasteiger partial charge in [-0.3, -0.25) is 19.7 Å². The normalized spacial score (nSPS) is 15.6. The average molecular weight is 384 g/mol. The SMILES string of the molecule is O=C(COc1ccccc1[N+](=O)[O-])N1CCC(C(=O)O)(c2ccccc2)CC1. The molecule has 146 valence electrons. The Bertz CT molecular complexity index is 875. The number of carbonyl (C=O) groups is 2. The molecule has 8 nitrogen and oxygen atoms in total. The number of likely N-dealkylation sites (tertiary alicyclic amines) is 1. The fourth-order valence-corrected chi connectivity index (χ4v) is 3.48. The third kappa shape index (κ3) is 3.80. The molecule has 0 saturated carbocycles. The molecule has 1 amide bonds. The number of hydrogen-bond donors (Lipinski definition) is 1. The molecule has 0 aromatic heterocycles. The van der Waals surface area contributed by atoms with Crippen LogP contribution in [0.3, 0.4) is 0 Å². The molecule has 1 aliphatic rings. The minimum absolute atomic E-state index is 0.0297. The lowest BCUT2D eigenvalue weighted by Gasteiger charge is -2.39. The van der Waals surface area contributed by atoms with E-state index in [2.05, 4.69) is 0 Å². The second kappa shape index (κ2) is 8.08. The number of rotatable bonds is 6. The number of carboxylic acid groups (broad SMARTS) is 1. The second-order valence-corrected chi connectivity index (χ2v) is 6.65. The van der Waals surface area contributed by atoms with Gasteiger partial charge in [-0.1, -0.05) is 42.5 Å². The van der Waals surface area contributed by atoms with Gasteiger partial charge in [-0.05, 0) is 24.5 Å². The van der Waals surface area contributed by atoms with E-state index >= 15 is 0 Å². The first-order chi connectivity index (χ1) is 13.4. The standard InChI is InChI=1S/C20H20N2O6/c23-18(14-28-17-9-5-4-8-16(17)22(26)27)21-12-10-20(11-13-21,19(24)25)15-6-2-1-3-7-15/h1-9H,10-14H2,(H,24,25). The molecular formula is C20H20N2O6. The van der Waals surface area contributed by atoms with Crippen molar-refractivity contribution in [3.05, 3.63) is 70.3 Å². The van der Waals surface area contributed by atoms with Crippen LogP contribution in [0.1, 0.15) is 18.4 Å². The van der Waals surface area contributed by atoms with E-state index in [0.29, 0.717) is 12.8 Å². The molecule has 1 saturated heterocycles. The highest BCUT2D eigenvalue weighted by molar-refractivity contribution is 5.83. The van der Waals surface area contributed by atoms with Gasteiger partial charge < -0.3 is 14.7 Å². The van der Waals surface area contributed by atoms with Crippen LogP contribution in [0.15, 0.2) is 54.6 Å². The van der Waals surface area contributed by atoms with Crippen LogP contribution in [0, 0.1) is 10.1 Å². The van der Waals surface area contributed by atoms with Gasteiger partial charge >= 0.3 is 11.7 Å². The summed E-state index contributed by atoms with van der Waals surface area (Å²) in [5.41, 5.74) is -0.495. The largest absolute Gasteiger partial charge is 0.481 e. The fourth-order valence-electron chi connectivity index (χ4n) is 3.48. The number of piperidine rings is 1. The summed E-state index contributed by atoms with van der Waals surface area (Å²) < 4.78 is 5.35. The number of nitro groups is 1. The summed E-state index contributed by atoms with van der Waals surface area (Å²) in [6.45, 7) is 0.219. The van der Waals surface area contributed by atoms with Gasteiger partial charge in [0, 0.05) is 19.2 Å². The minimum Gasteiger partial charge on any atom is -0.481 e. The Labute approximate surface area is 161 Å². The Hall–Kier alpha value is -3.42. The van der Waals surface area contributed by atoms with Gasteiger partial charge in [0.1, 0.15) is 0 Å². The van der Waals surface area contributed by atoms with Crippen molar-refractivity contribution in [3.8, 4) is 5.75 Å². The van der Waals surface area contributed by atoms with Gasteiger partial charge in [-0.2, -0.15) is 0 Å². The van der Waals surface area contributed by atoms with Gasteiger partial charge in [-0.25, -0.2) is 0 Å². The molecule has 1 heterocycles. The number of amides is 1. The summed E-state index contributed by atoms with van der Waals surface area (Å²) in [5, 5.41) is 20.8. The van der Waals surface area contributed by atoms with Crippen molar-refractivity contribution < 1.29 is 24.4 Å². The fraction of sp³-hybridized carbons (Fsp3) is 0.300. The summed E-state index contributed by atoms with van der Waals surface area (Å²) in [4.78, 5) is 36.4. The summed E-state index contributed by atoms with van der Waals surface area (Å²) in [6.07, 6.45) is 0.590. The lowest BCUT2D eigenvalue weighted by molar-refractivity contribution is -0.385. The van der Waals surface area contributed by atoms with E-state index in [9.17, 15) is 24.8 Å². The van der Waals surface area contributed by atoms with Crippen LogP contribution in [-0.4, -0.2) is 46.5 Å². The summed E-state index contributed by atoms with van der Waals surface area (Å²) in [6, 6.07) is 14.9. The molecule has 0 aliphatic carbocycles. The van der Waals surface area contributed by atoms with E-state index < -0.39 is 16.3 Å². The lowest BCUT2D eigenvalue weighted by Crippen LogP contribution is -2.50. The highest BCUT2D eigenvalue weighted by Crippen LogP contribution is 2.36. The highest BCUT2D eigenvalue weighted by atomic mass is 16.6. The van der Waals surface area contributed by atoms with Crippen LogP contribution in [0.2, 0.25) is 0 Å². The Morgan fingerprint density at radius 2 is 1.68 bits per heavy atom. The van der Waals surface area contributed by atoms with E-state index in [4.69, 9.17) is 4.74 Å². The van der Waals surface area contributed by atoms with Crippen LogP contribution in [0.25, 0.3) is 0 Å². The van der Waals surface area contributed by atoms with Gasteiger partial charge in [0.15, 0.2) is 12.4 Å². The van der Waals surface area contributed by atoms with E-state index in [1.165, 1.54) is 18.2 Å². The molecule has 2 aromatic carbocycles. The second-order valence-electron chi connectivity index (χ2n) is 6.65. The maximum atomic E-state index is 12.5. The Balaban J connectivity index is 1.64. The Kier molecular flexibility index (Phi) is 5.58. The lowest BCUT2D eigenvalue weighted by atomic mass is 9.73. The van der Waals surface area contributed by atoms with Crippen LogP contribution in [0.4, 0.5) is 5.69 Å². The zero-order valence-corrected chi connectivity index (χ0v) is 15.1. The number of ether oxygens (including phenoxy) is 1. The van der Waals surface area contributed by atoms with Gasteiger partial charge in [0.25, 0.3) is 5.91 Å². The molecule has 1 N–H and O–H groups in total. The average Bonchev–Trinajstić information content (AvgIpc) is 2.72. The van der Waals surface area contributed by atoms with Crippen molar-refractivity contribution in [2.75, 3.05) is 19.7 Å². The summed E-state index contributed by atoms with van der Waals surface area (Å²) in [7, 11) is 0. The summed E-state index contributed by atoms with van der Waals surface area (Å²) in [5.74, 6) is -1.20. The molecule has 28 heavy (non-hydrogen) atoms. The molecule has 0 radical (unpaired) electrons. The number of nitrogens with zero attached hydrogens (tertiary/aromatic N) is 2. The molecule has 2 aromatic rings. The van der Waals surface area contributed by atoms with Crippen molar-refractivity contribution in [2.24, 2.45) is 0 Å². The minimum atomic E-state index is -1.02. The highest BCUT2D eigenvalue weighted by Gasteiger charge is 2.43. The predicted octanol–water partition coefficient (Wildman–Crippen LogP) is 2.62. The third-order valence-corrected chi connectivity index (χ3v) is 5.12. The van der Waals surface area contributed by atoms with E-state index in [-0.39, 0.29) is 37.0 Å². The van der Waals surface area contributed by atoms with Crippen molar-refractivity contribution in [2.45, 2.75) is 18.3 Å². The number of aliphatic carboxylic acids is 1. The Morgan fingerprint density at radius 3 is 2.29 bits per heavy atom. The van der Waals surface area contributed by atoms with Crippen molar-refractivity contribution in [1.82, 2.24) is 4.90 Å². The van der Waals surface area contributed by atoms with Gasteiger partial charge in [-0.15, -0.1) is 0 Å². The summed E-state index contributed by atoms with van der Waals surface area (Å²) >= 11 is 0. The van der Waals surface area contributed by atoms with Crippen LogP contribution < -0.4 is 4.74 Å². The zero-order chi connectivity index (χ0) is 20.1. The first-order valence-corrected chi connectivity index (χ1v) is 8.87. The topological polar surface area (TPSA) is 110 Å². The molecule has 0 atom stereocenters. The van der Waals surface area contributed by atoms with Crippen molar-refractivity contribution in [1.29, 1.82) is 0 Å². The molecule has 0 spiro atoms.